The number of halogens is 1. The minimum absolute atomic E-state index is 0.672. The number of benzene rings is 1. The molecule has 3 rings (SSSR count). The Morgan fingerprint density at radius 2 is 2.26 bits per heavy atom. The van der Waals surface area contributed by atoms with Crippen molar-refractivity contribution in [3.8, 4) is 11.1 Å². The second kappa shape index (κ2) is 6.89. The van der Waals surface area contributed by atoms with E-state index in [2.05, 4.69) is 27.1 Å². The van der Waals surface area contributed by atoms with E-state index in [0.717, 1.165) is 32.9 Å². The molecule has 2 aromatic heterocycles. The molecule has 0 amide bonds. The summed E-state index contributed by atoms with van der Waals surface area (Å²) < 4.78 is 0. The Bertz CT molecular complexity index is 885. The number of pyridine rings is 1. The molecule has 4 nitrogen and oxygen atoms in total. The topological polar surface area (TPSA) is 53.6 Å². The van der Waals surface area contributed by atoms with Crippen LogP contribution in [0.1, 0.15) is 6.92 Å². The van der Waals surface area contributed by atoms with Crippen molar-refractivity contribution in [2.45, 2.75) is 6.92 Å². The number of aromatic amines is 1. The fourth-order valence-corrected chi connectivity index (χ4v) is 2.85. The number of nitrogens with zero attached hydrogens (tertiary/aromatic N) is 2. The third kappa shape index (κ3) is 3.41. The summed E-state index contributed by atoms with van der Waals surface area (Å²) in [6.45, 7) is 5.95. The normalized spacial score (nSPS) is 11.2. The Balaban J connectivity index is 1.97. The van der Waals surface area contributed by atoms with Crippen LogP contribution >= 0.6 is 23.4 Å². The zero-order valence-corrected chi connectivity index (χ0v) is 14.1. The number of fused-ring (bicyclic) bond motifs is 1. The van der Waals surface area contributed by atoms with Crippen LogP contribution in [0.5, 0.6) is 0 Å². The maximum atomic E-state index is 6.26. The Morgan fingerprint density at radius 3 is 3.04 bits per heavy atom. The molecule has 3 aromatic rings. The van der Waals surface area contributed by atoms with Crippen LogP contribution in [0.15, 0.2) is 59.8 Å². The highest BCUT2D eigenvalue weighted by Crippen LogP contribution is 2.32. The van der Waals surface area contributed by atoms with Crippen LogP contribution < -0.4 is 5.32 Å². The zero-order valence-electron chi connectivity index (χ0n) is 12.5. The molecule has 2 N–H and O–H groups in total. The first-order chi connectivity index (χ1) is 11.2. The molecule has 0 aliphatic rings. The van der Waals surface area contributed by atoms with E-state index >= 15 is 0 Å². The van der Waals surface area contributed by atoms with Crippen LogP contribution in [0.3, 0.4) is 0 Å². The Hall–Kier alpha value is -2.24. The molecule has 0 saturated heterocycles. The average Bonchev–Trinajstić information content (AvgIpc) is 2.95. The lowest BCUT2D eigenvalue weighted by molar-refractivity contribution is 1.12. The van der Waals surface area contributed by atoms with E-state index in [4.69, 9.17) is 11.6 Å². The molecule has 1 aromatic carbocycles. The van der Waals surface area contributed by atoms with Crippen molar-refractivity contribution in [2.75, 3.05) is 5.32 Å². The van der Waals surface area contributed by atoms with Crippen molar-refractivity contribution < 1.29 is 0 Å². The number of aromatic nitrogens is 3. The minimum Gasteiger partial charge on any atom is -0.333 e. The van der Waals surface area contributed by atoms with Crippen LogP contribution in [-0.4, -0.2) is 15.2 Å². The molecule has 0 bridgehead atoms. The minimum atomic E-state index is 0.672. The molecule has 0 fully saturated rings. The van der Waals surface area contributed by atoms with Gasteiger partial charge in [-0.1, -0.05) is 42.1 Å². The monoisotopic (exact) mass is 342 g/mol. The molecule has 2 heterocycles. The van der Waals surface area contributed by atoms with E-state index in [0.29, 0.717) is 5.02 Å². The molecule has 116 valence electrons. The Kier molecular flexibility index (Phi) is 4.69. The van der Waals surface area contributed by atoms with Gasteiger partial charge in [-0.15, -0.1) is 0 Å². The molecule has 0 atom stereocenters. The molecule has 0 radical (unpaired) electrons. The van der Waals surface area contributed by atoms with Crippen LogP contribution in [0.25, 0.3) is 22.0 Å². The Morgan fingerprint density at radius 1 is 1.39 bits per heavy atom. The first-order valence-corrected chi connectivity index (χ1v) is 8.26. The Labute approximate surface area is 143 Å². The molecule has 6 heteroatoms. The summed E-state index contributed by atoms with van der Waals surface area (Å²) in [6, 6.07) is 7.80. The number of rotatable bonds is 5. The van der Waals surface area contributed by atoms with Gasteiger partial charge in [0.1, 0.15) is 0 Å². The summed E-state index contributed by atoms with van der Waals surface area (Å²) in [6.07, 6.45) is 5.40. The smallest absolute Gasteiger partial charge is 0.160 e. The van der Waals surface area contributed by atoms with Crippen molar-refractivity contribution in [1.82, 2.24) is 15.2 Å². The maximum absolute atomic E-state index is 6.26. The molecule has 0 spiro atoms. The highest BCUT2D eigenvalue weighted by Gasteiger charge is 2.10. The summed E-state index contributed by atoms with van der Waals surface area (Å²) in [5.41, 5.74) is 2.83. The van der Waals surface area contributed by atoms with E-state index in [1.54, 1.807) is 18.5 Å². The van der Waals surface area contributed by atoms with Gasteiger partial charge in [-0.2, -0.15) is 5.10 Å². The molecule has 0 aliphatic heterocycles. The van der Waals surface area contributed by atoms with Gasteiger partial charge in [-0.05, 0) is 36.1 Å². The summed E-state index contributed by atoms with van der Waals surface area (Å²) >= 11 is 7.78. The van der Waals surface area contributed by atoms with Crippen molar-refractivity contribution in [3.05, 3.63) is 64.8 Å². The van der Waals surface area contributed by atoms with E-state index in [1.165, 1.54) is 11.8 Å². The van der Waals surface area contributed by atoms with Gasteiger partial charge in [-0.3, -0.25) is 10.1 Å². The summed E-state index contributed by atoms with van der Waals surface area (Å²) in [5.74, 6) is 0.740. The summed E-state index contributed by atoms with van der Waals surface area (Å²) in [4.78, 5) is 4.15. The van der Waals surface area contributed by atoms with Gasteiger partial charge in [0.25, 0.3) is 0 Å². The molecule has 23 heavy (non-hydrogen) atoms. The molecular weight excluding hydrogens is 328 g/mol. The highest BCUT2D eigenvalue weighted by molar-refractivity contribution is 8.05. The SMILES string of the molecule is C=C(Nc1n[nH]c2ccc(-c3cnccc3Cl)cc12)S/C=C\C. The van der Waals surface area contributed by atoms with Crippen molar-refractivity contribution >= 4 is 40.1 Å². The summed E-state index contributed by atoms with van der Waals surface area (Å²) in [5, 5.41) is 15.0. The van der Waals surface area contributed by atoms with Gasteiger partial charge >= 0.3 is 0 Å². The molecule has 0 aliphatic carbocycles. The largest absolute Gasteiger partial charge is 0.333 e. The molecular formula is C17H15ClN4S. The van der Waals surface area contributed by atoms with Crippen LogP contribution in [0.4, 0.5) is 5.82 Å². The lowest BCUT2D eigenvalue weighted by Gasteiger charge is -2.06. The quantitative estimate of drug-likeness (QED) is 0.649. The number of hydrogen-bond donors (Lipinski definition) is 2. The van der Waals surface area contributed by atoms with Gasteiger partial charge in [0.15, 0.2) is 5.82 Å². The molecule has 0 unspecified atom stereocenters. The fourth-order valence-electron chi connectivity index (χ4n) is 2.18. The van der Waals surface area contributed by atoms with Gasteiger partial charge in [-0.25, -0.2) is 0 Å². The first kappa shape index (κ1) is 15.6. The number of anilines is 1. The molecule has 0 saturated carbocycles. The van der Waals surface area contributed by atoms with Crippen LogP contribution in [0.2, 0.25) is 5.02 Å². The predicted octanol–water partition coefficient (Wildman–Crippen LogP) is 5.43. The number of H-pyrrole nitrogens is 1. The van der Waals surface area contributed by atoms with E-state index in [9.17, 15) is 0 Å². The lowest BCUT2D eigenvalue weighted by atomic mass is 10.1. The average molecular weight is 343 g/mol. The number of thioether (sulfide) groups is 1. The second-order valence-electron chi connectivity index (χ2n) is 4.82. The van der Waals surface area contributed by atoms with Crippen LogP contribution in [-0.2, 0) is 0 Å². The predicted molar refractivity (Wildman–Crippen MR) is 99.5 cm³/mol. The van der Waals surface area contributed by atoms with E-state index < -0.39 is 0 Å². The van der Waals surface area contributed by atoms with Crippen molar-refractivity contribution in [2.24, 2.45) is 0 Å². The van der Waals surface area contributed by atoms with Gasteiger partial charge in [0, 0.05) is 23.3 Å². The van der Waals surface area contributed by atoms with Crippen molar-refractivity contribution in [1.29, 1.82) is 0 Å². The highest BCUT2D eigenvalue weighted by atomic mass is 35.5. The van der Waals surface area contributed by atoms with Crippen molar-refractivity contribution in [3.63, 3.8) is 0 Å². The number of allylic oxidation sites excluding steroid dienone is 1. The first-order valence-electron chi connectivity index (χ1n) is 7.01. The maximum Gasteiger partial charge on any atom is 0.160 e. The standard InChI is InChI=1S/C17H15ClN4S/c1-3-8-23-11(2)20-17-13-9-12(4-5-16(13)21-22-17)14-10-19-7-6-15(14)18/h3-10H,2H2,1H3,(H2,20,21,22)/b8-3-. The number of hydrogen-bond acceptors (Lipinski definition) is 4. The second-order valence-corrected chi connectivity index (χ2v) is 6.23. The fraction of sp³-hybridized carbons (Fsp3) is 0.0588. The third-order valence-corrected chi connectivity index (χ3v) is 4.37. The van der Waals surface area contributed by atoms with E-state index in [1.807, 2.05) is 36.6 Å². The van der Waals surface area contributed by atoms with Gasteiger partial charge < -0.3 is 5.32 Å². The lowest BCUT2D eigenvalue weighted by Crippen LogP contribution is -1.94. The third-order valence-electron chi connectivity index (χ3n) is 3.25. The summed E-state index contributed by atoms with van der Waals surface area (Å²) in [7, 11) is 0. The number of nitrogens with one attached hydrogen (secondary N) is 2. The van der Waals surface area contributed by atoms with E-state index in [-0.39, 0.29) is 0 Å². The van der Waals surface area contributed by atoms with Gasteiger partial charge in [0.2, 0.25) is 0 Å². The zero-order chi connectivity index (χ0) is 16.2. The van der Waals surface area contributed by atoms with Gasteiger partial charge in [0.05, 0.1) is 15.6 Å². The van der Waals surface area contributed by atoms with Crippen LogP contribution in [0, 0.1) is 0 Å².